The summed E-state index contributed by atoms with van der Waals surface area (Å²) in [5.41, 5.74) is 1.81. The molecule has 0 aliphatic rings. The maximum atomic E-state index is 9.72. The Morgan fingerprint density at radius 3 is 3.08 bits per heavy atom. The quantitative estimate of drug-likeness (QED) is 0.845. The summed E-state index contributed by atoms with van der Waals surface area (Å²) < 4.78 is 7.92. The highest BCUT2D eigenvalue weighted by atomic mass is 32.1. The molecule has 0 aliphatic heterocycles. The van der Waals surface area contributed by atoms with Gasteiger partial charge >= 0.3 is 0 Å². The summed E-state index contributed by atoms with van der Waals surface area (Å²) >= 11 is 2.76. The van der Waals surface area contributed by atoms with Crippen molar-refractivity contribution in [3.63, 3.8) is 0 Å². The minimum absolute atomic E-state index is 0.449. The van der Waals surface area contributed by atoms with Gasteiger partial charge in [0.25, 0.3) is 0 Å². The second kappa shape index (κ2) is 3.95. The van der Waals surface area contributed by atoms with Crippen molar-refractivity contribution in [3.8, 4) is 0 Å². The molecule has 0 aliphatic carbocycles. The molecule has 3 nitrogen and oxygen atoms in total. The Kier molecular flexibility index (Phi) is 2.68. The first-order valence-electron chi connectivity index (χ1n) is 3.83. The van der Waals surface area contributed by atoms with E-state index >= 15 is 0 Å². The molecule has 0 aromatic carbocycles. The van der Waals surface area contributed by atoms with E-state index in [4.69, 9.17) is 0 Å². The van der Waals surface area contributed by atoms with Crippen LogP contribution in [0.25, 0.3) is 0 Å². The third-order valence-corrected chi connectivity index (χ3v) is 2.95. The third-order valence-electron chi connectivity index (χ3n) is 1.74. The van der Waals surface area contributed by atoms with E-state index in [-0.39, 0.29) is 0 Å². The smallest absolute Gasteiger partial charge is 0.0854 e. The minimum Gasteiger partial charge on any atom is -0.388 e. The number of rotatable bonds is 3. The van der Waals surface area contributed by atoms with Crippen molar-refractivity contribution in [1.82, 2.24) is 8.75 Å². The maximum Gasteiger partial charge on any atom is 0.0854 e. The third kappa shape index (κ3) is 2.12. The first-order valence-corrected chi connectivity index (χ1v) is 5.50. The topological polar surface area (TPSA) is 46.0 Å². The van der Waals surface area contributed by atoms with Crippen molar-refractivity contribution >= 4 is 23.1 Å². The number of aliphatic hydroxyl groups excluding tert-OH is 1. The second-order valence-electron chi connectivity index (χ2n) is 2.68. The zero-order chi connectivity index (χ0) is 9.10. The Morgan fingerprint density at radius 1 is 1.54 bits per heavy atom. The Hall–Kier alpha value is -0.780. The molecule has 1 unspecified atom stereocenters. The summed E-state index contributed by atoms with van der Waals surface area (Å²) in [4.78, 5) is 0. The van der Waals surface area contributed by atoms with Gasteiger partial charge < -0.3 is 5.11 Å². The summed E-state index contributed by atoms with van der Waals surface area (Å²) in [6, 6.07) is 1.93. The van der Waals surface area contributed by atoms with Crippen LogP contribution in [0, 0.1) is 0 Å². The van der Waals surface area contributed by atoms with Crippen LogP contribution in [0.15, 0.2) is 23.0 Å². The van der Waals surface area contributed by atoms with Gasteiger partial charge in [-0.3, -0.25) is 0 Å². The van der Waals surface area contributed by atoms with Crippen LogP contribution >= 0.6 is 23.1 Å². The molecule has 0 saturated carbocycles. The van der Waals surface area contributed by atoms with Gasteiger partial charge in [-0.2, -0.15) is 20.1 Å². The van der Waals surface area contributed by atoms with Gasteiger partial charge in [-0.05, 0) is 22.4 Å². The van der Waals surface area contributed by atoms with Crippen molar-refractivity contribution in [2.45, 2.75) is 12.5 Å². The minimum atomic E-state index is -0.449. The van der Waals surface area contributed by atoms with E-state index in [9.17, 15) is 5.11 Å². The van der Waals surface area contributed by atoms with Gasteiger partial charge in [0, 0.05) is 6.42 Å². The Labute approximate surface area is 84.0 Å². The largest absolute Gasteiger partial charge is 0.388 e. The first kappa shape index (κ1) is 8.80. The summed E-state index contributed by atoms with van der Waals surface area (Å²) in [5, 5.41) is 13.6. The summed E-state index contributed by atoms with van der Waals surface area (Å²) in [6.45, 7) is 0. The van der Waals surface area contributed by atoms with Crippen molar-refractivity contribution < 1.29 is 5.11 Å². The first-order chi connectivity index (χ1) is 6.36. The van der Waals surface area contributed by atoms with E-state index in [1.165, 1.54) is 11.7 Å². The zero-order valence-corrected chi connectivity index (χ0v) is 8.38. The van der Waals surface area contributed by atoms with E-state index in [1.807, 2.05) is 16.8 Å². The highest BCUT2D eigenvalue weighted by Gasteiger charge is 2.09. The molecular weight excluding hydrogens is 204 g/mol. The molecule has 13 heavy (non-hydrogen) atoms. The van der Waals surface area contributed by atoms with Gasteiger partial charge in [0.05, 0.1) is 29.7 Å². The molecule has 1 atom stereocenters. The number of nitrogens with zero attached hydrogens (tertiary/aromatic N) is 2. The Bertz CT molecular complexity index is 344. The SMILES string of the molecule is OC(Cc1cnsn1)c1ccsc1. The lowest BCUT2D eigenvalue weighted by molar-refractivity contribution is 0.178. The van der Waals surface area contributed by atoms with Gasteiger partial charge in [-0.1, -0.05) is 0 Å². The van der Waals surface area contributed by atoms with Crippen molar-refractivity contribution in [2.24, 2.45) is 0 Å². The van der Waals surface area contributed by atoms with E-state index < -0.39 is 6.10 Å². The number of hydrogen-bond acceptors (Lipinski definition) is 5. The number of aliphatic hydroxyl groups is 1. The van der Waals surface area contributed by atoms with Crippen molar-refractivity contribution in [2.75, 3.05) is 0 Å². The van der Waals surface area contributed by atoms with E-state index in [0.717, 1.165) is 11.3 Å². The lowest BCUT2D eigenvalue weighted by atomic mass is 10.1. The number of aromatic nitrogens is 2. The maximum absolute atomic E-state index is 9.72. The predicted octanol–water partition coefficient (Wildman–Crippen LogP) is 1.88. The molecule has 68 valence electrons. The molecular formula is C8H8N2OS2. The fourth-order valence-corrected chi connectivity index (χ4v) is 2.20. The number of thiophene rings is 1. The van der Waals surface area contributed by atoms with Crippen LogP contribution in [0.4, 0.5) is 0 Å². The van der Waals surface area contributed by atoms with Gasteiger partial charge in [-0.15, -0.1) is 0 Å². The van der Waals surface area contributed by atoms with Crippen LogP contribution in [-0.2, 0) is 6.42 Å². The molecule has 0 radical (unpaired) electrons. The van der Waals surface area contributed by atoms with E-state index in [2.05, 4.69) is 8.75 Å². The lowest BCUT2D eigenvalue weighted by Crippen LogP contribution is -2.00. The van der Waals surface area contributed by atoms with E-state index in [0.29, 0.717) is 6.42 Å². The van der Waals surface area contributed by atoms with Crippen LogP contribution in [0.3, 0.4) is 0 Å². The molecule has 5 heteroatoms. The molecule has 2 aromatic heterocycles. The van der Waals surface area contributed by atoms with Gasteiger partial charge in [0.1, 0.15) is 0 Å². The van der Waals surface area contributed by atoms with Gasteiger partial charge in [0.15, 0.2) is 0 Å². The molecule has 0 saturated heterocycles. The molecule has 0 fully saturated rings. The molecule has 2 heterocycles. The fraction of sp³-hybridized carbons (Fsp3) is 0.250. The van der Waals surface area contributed by atoms with Gasteiger partial charge in [0.2, 0.25) is 0 Å². The Morgan fingerprint density at radius 2 is 2.46 bits per heavy atom. The van der Waals surface area contributed by atoms with Crippen molar-refractivity contribution in [1.29, 1.82) is 0 Å². The highest BCUT2D eigenvalue weighted by Crippen LogP contribution is 2.19. The van der Waals surface area contributed by atoms with Crippen LogP contribution in [0.1, 0.15) is 17.4 Å². The molecule has 0 bridgehead atoms. The molecule has 2 aromatic rings. The average molecular weight is 212 g/mol. The predicted molar refractivity (Wildman–Crippen MR) is 52.9 cm³/mol. The van der Waals surface area contributed by atoms with Crippen LogP contribution in [0.5, 0.6) is 0 Å². The monoisotopic (exact) mass is 212 g/mol. The molecule has 0 amide bonds. The summed E-state index contributed by atoms with van der Waals surface area (Å²) in [7, 11) is 0. The molecule has 1 N–H and O–H groups in total. The zero-order valence-electron chi connectivity index (χ0n) is 6.75. The summed E-state index contributed by atoms with van der Waals surface area (Å²) in [6.07, 6.45) is 1.79. The van der Waals surface area contributed by atoms with Gasteiger partial charge in [-0.25, -0.2) is 0 Å². The highest BCUT2D eigenvalue weighted by molar-refractivity contribution is 7.08. The lowest BCUT2D eigenvalue weighted by Gasteiger charge is -2.04. The summed E-state index contributed by atoms with van der Waals surface area (Å²) in [5.74, 6) is 0. The average Bonchev–Trinajstić information content (AvgIpc) is 2.74. The second-order valence-corrected chi connectivity index (χ2v) is 4.01. The Balaban J connectivity index is 2.04. The van der Waals surface area contributed by atoms with Crippen molar-refractivity contribution in [3.05, 3.63) is 34.3 Å². The molecule has 0 spiro atoms. The van der Waals surface area contributed by atoms with Crippen LogP contribution in [0.2, 0.25) is 0 Å². The van der Waals surface area contributed by atoms with E-state index in [1.54, 1.807) is 17.5 Å². The van der Waals surface area contributed by atoms with Crippen LogP contribution < -0.4 is 0 Å². The normalized spacial score (nSPS) is 13.0. The number of hydrogen-bond donors (Lipinski definition) is 1. The standard InChI is InChI=1S/C8H8N2OS2/c11-8(6-1-2-12-5-6)3-7-4-9-13-10-7/h1-2,4-5,8,11H,3H2. The van der Waals surface area contributed by atoms with Crippen LogP contribution in [-0.4, -0.2) is 13.9 Å². The molecule has 2 rings (SSSR count). The fourth-order valence-electron chi connectivity index (χ4n) is 1.05.